The second-order valence-electron chi connectivity index (χ2n) is 3.63. The fraction of sp³-hybridized carbons (Fsp3) is 0.875. The highest BCUT2D eigenvalue weighted by molar-refractivity contribution is 6.41. The van der Waals surface area contributed by atoms with Gasteiger partial charge in [0.15, 0.2) is 5.78 Å². The number of alkyl halides is 2. The maximum atomic E-state index is 11.6. The lowest BCUT2D eigenvalue weighted by atomic mass is 9.93. The molecule has 2 N–H and O–H groups in total. The quantitative estimate of drug-likeness (QED) is 0.665. The van der Waals surface area contributed by atoms with Crippen molar-refractivity contribution in [3.63, 3.8) is 0 Å². The molecule has 0 aromatic rings. The lowest BCUT2D eigenvalue weighted by molar-refractivity contribution is -0.136. The molecule has 2 aliphatic rings. The summed E-state index contributed by atoms with van der Waals surface area (Å²) in [5.74, 6) is -0.137. The standard InChI is InChI=1S/C8H11Cl2NO2/c9-5-4-1-2-8(3-11,13-4)7(10)6(5)12/h4-5,7H,1-3,11H2. The number of hydrogen-bond acceptors (Lipinski definition) is 3. The molecule has 74 valence electrons. The van der Waals surface area contributed by atoms with Crippen LogP contribution in [0.3, 0.4) is 0 Å². The van der Waals surface area contributed by atoms with E-state index in [1.807, 2.05) is 0 Å². The molecule has 0 radical (unpaired) electrons. The number of rotatable bonds is 1. The van der Waals surface area contributed by atoms with E-state index in [1.165, 1.54) is 0 Å². The predicted octanol–water partition coefficient (Wildman–Crippen LogP) is 0.660. The summed E-state index contributed by atoms with van der Waals surface area (Å²) in [5, 5.41) is -1.27. The van der Waals surface area contributed by atoms with E-state index in [2.05, 4.69) is 0 Å². The summed E-state index contributed by atoms with van der Waals surface area (Å²) >= 11 is 11.8. The molecule has 2 fully saturated rings. The van der Waals surface area contributed by atoms with E-state index in [1.54, 1.807) is 0 Å². The van der Waals surface area contributed by atoms with Crippen molar-refractivity contribution in [1.82, 2.24) is 0 Å². The smallest absolute Gasteiger partial charge is 0.174 e. The minimum absolute atomic E-state index is 0.137. The van der Waals surface area contributed by atoms with Gasteiger partial charge in [-0.1, -0.05) is 0 Å². The number of carbonyl (C=O) groups excluding carboxylic acids is 1. The van der Waals surface area contributed by atoms with Crippen LogP contribution in [0.25, 0.3) is 0 Å². The second-order valence-corrected chi connectivity index (χ2v) is 4.54. The van der Waals surface area contributed by atoms with Crippen LogP contribution in [0.2, 0.25) is 0 Å². The molecular weight excluding hydrogens is 213 g/mol. The van der Waals surface area contributed by atoms with Gasteiger partial charge < -0.3 is 10.5 Å². The van der Waals surface area contributed by atoms with Crippen molar-refractivity contribution in [2.75, 3.05) is 6.54 Å². The molecule has 2 heterocycles. The monoisotopic (exact) mass is 223 g/mol. The lowest BCUT2D eigenvalue weighted by Crippen LogP contribution is -2.56. The first-order chi connectivity index (χ1) is 6.10. The largest absolute Gasteiger partial charge is 0.366 e. The van der Waals surface area contributed by atoms with E-state index >= 15 is 0 Å². The molecule has 2 rings (SSSR count). The zero-order valence-corrected chi connectivity index (χ0v) is 8.52. The number of ketones is 1. The van der Waals surface area contributed by atoms with Crippen molar-refractivity contribution in [3.05, 3.63) is 0 Å². The third-order valence-corrected chi connectivity index (χ3v) is 4.00. The van der Waals surface area contributed by atoms with Crippen LogP contribution < -0.4 is 5.73 Å². The van der Waals surface area contributed by atoms with Crippen LogP contribution in [0, 0.1) is 0 Å². The highest BCUT2D eigenvalue weighted by Gasteiger charge is 2.56. The number of carbonyl (C=O) groups is 1. The summed E-state index contributed by atoms with van der Waals surface area (Å²) in [6.07, 6.45) is 1.32. The fourth-order valence-electron chi connectivity index (χ4n) is 2.03. The predicted molar refractivity (Wildman–Crippen MR) is 50.2 cm³/mol. The second kappa shape index (κ2) is 3.09. The zero-order chi connectivity index (χ0) is 9.64. The van der Waals surface area contributed by atoms with Gasteiger partial charge in [0.05, 0.1) is 6.10 Å². The SMILES string of the molecule is NCC12CCC(O1)C(Cl)C(=O)C2Cl. The summed E-state index contributed by atoms with van der Waals surface area (Å²) in [4.78, 5) is 11.6. The van der Waals surface area contributed by atoms with Crippen LogP contribution in [-0.4, -0.2) is 34.8 Å². The molecular formula is C8H11Cl2NO2. The summed E-state index contributed by atoms with van der Waals surface area (Å²) in [7, 11) is 0. The van der Waals surface area contributed by atoms with Gasteiger partial charge >= 0.3 is 0 Å². The number of fused-ring (bicyclic) bond motifs is 2. The Morgan fingerprint density at radius 2 is 2.31 bits per heavy atom. The molecule has 0 amide bonds. The molecule has 0 spiro atoms. The normalized spacial score (nSPS) is 49.8. The Bertz CT molecular complexity index is 248. The minimum Gasteiger partial charge on any atom is -0.366 e. The molecule has 0 aromatic heterocycles. The molecule has 4 atom stereocenters. The molecule has 4 unspecified atom stereocenters. The number of ether oxygens (including phenoxy) is 1. The van der Waals surface area contributed by atoms with Gasteiger partial charge in [-0.25, -0.2) is 0 Å². The maximum absolute atomic E-state index is 11.6. The Hall–Kier alpha value is 0.170. The fourth-order valence-corrected chi connectivity index (χ4v) is 2.79. The van der Waals surface area contributed by atoms with Crippen molar-refractivity contribution in [3.8, 4) is 0 Å². The maximum Gasteiger partial charge on any atom is 0.174 e. The number of halogens is 2. The summed E-state index contributed by atoms with van der Waals surface area (Å²) in [6.45, 7) is 0.285. The van der Waals surface area contributed by atoms with Crippen LogP contribution in [0.1, 0.15) is 12.8 Å². The van der Waals surface area contributed by atoms with E-state index in [-0.39, 0.29) is 18.4 Å². The number of Topliss-reactive ketones (excluding diaryl/α,β-unsaturated/α-hetero) is 1. The summed E-state index contributed by atoms with van der Waals surface area (Å²) in [5.41, 5.74) is 4.92. The Labute approximate surface area is 86.5 Å². The van der Waals surface area contributed by atoms with Gasteiger partial charge in [0.1, 0.15) is 16.4 Å². The van der Waals surface area contributed by atoms with Crippen molar-refractivity contribution < 1.29 is 9.53 Å². The molecule has 2 saturated heterocycles. The van der Waals surface area contributed by atoms with E-state index in [4.69, 9.17) is 33.7 Å². The third-order valence-electron chi connectivity index (χ3n) is 2.89. The zero-order valence-electron chi connectivity index (χ0n) is 7.00. The van der Waals surface area contributed by atoms with E-state index in [9.17, 15) is 4.79 Å². The Morgan fingerprint density at radius 1 is 1.62 bits per heavy atom. The first kappa shape index (κ1) is 9.71. The van der Waals surface area contributed by atoms with Gasteiger partial charge in [0.25, 0.3) is 0 Å². The lowest BCUT2D eigenvalue weighted by Gasteiger charge is -2.37. The van der Waals surface area contributed by atoms with E-state index in [0.717, 1.165) is 12.8 Å². The van der Waals surface area contributed by atoms with Gasteiger partial charge in [-0.15, -0.1) is 23.2 Å². The molecule has 5 heteroatoms. The van der Waals surface area contributed by atoms with Gasteiger partial charge in [0.2, 0.25) is 0 Å². The Kier molecular flexibility index (Phi) is 2.31. The van der Waals surface area contributed by atoms with E-state index in [0.29, 0.717) is 0 Å². The highest BCUT2D eigenvalue weighted by Crippen LogP contribution is 2.43. The first-order valence-corrected chi connectivity index (χ1v) is 5.18. The molecule has 2 aliphatic heterocycles. The molecule has 0 saturated carbocycles. The molecule has 2 bridgehead atoms. The summed E-state index contributed by atoms with van der Waals surface area (Å²) in [6, 6.07) is 0. The number of nitrogens with two attached hydrogens (primary N) is 1. The number of hydrogen-bond donors (Lipinski definition) is 1. The van der Waals surface area contributed by atoms with Crippen LogP contribution in [0.4, 0.5) is 0 Å². The van der Waals surface area contributed by atoms with Gasteiger partial charge in [-0.2, -0.15) is 0 Å². The Balaban J connectivity index is 2.31. The van der Waals surface area contributed by atoms with Gasteiger partial charge in [-0.3, -0.25) is 4.79 Å². The van der Waals surface area contributed by atoms with Gasteiger partial charge in [0, 0.05) is 6.54 Å². The molecule has 3 nitrogen and oxygen atoms in total. The van der Waals surface area contributed by atoms with Crippen molar-refractivity contribution in [2.45, 2.75) is 35.3 Å². The van der Waals surface area contributed by atoms with Crippen molar-refractivity contribution in [2.24, 2.45) is 5.73 Å². The topological polar surface area (TPSA) is 52.3 Å². The van der Waals surface area contributed by atoms with Crippen LogP contribution >= 0.6 is 23.2 Å². The van der Waals surface area contributed by atoms with Gasteiger partial charge in [-0.05, 0) is 12.8 Å². The third kappa shape index (κ3) is 1.22. The van der Waals surface area contributed by atoms with Crippen LogP contribution in [-0.2, 0) is 9.53 Å². The molecule has 0 aromatic carbocycles. The summed E-state index contributed by atoms with van der Waals surface area (Å²) < 4.78 is 5.62. The first-order valence-electron chi connectivity index (χ1n) is 4.30. The average molecular weight is 224 g/mol. The molecule has 13 heavy (non-hydrogen) atoms. The van der Waals surface area contributed by atoms with Crippen LogP contribution in [0.5, 0.6) is 0 Å². The minimum atomic E-state index is -0.682. The van der Waals surface area contributed by atoms with Crippen molar-refractivity contribution in [1.29, 1.82) is 0 Å². The van der Waals surface area contributed by atoms with Crippen LogP contribution in [0.15, 0.2) is 0 Å². The highest BCUT2D eigenvalue weighted by atomic mass is 35.5. The van der Waals surface area contributed by atoms with E-state index < -0.39 is 16.4 Å². The van der Waals surface area contributed by atoms with Crippen molar-refractivity contribution >= 4 is 29.0 Å². The Morgan fingerprint density at radius 3 is 2.92 bits per heavy atom. The molecule has 0 aliphatic carbocycles. The average Bonchev–Trinajstić information content (AvgIpc) is 2.55.